The Morgan fingerprint density at radius 1 is 0.545 bits per heavy atom. The molecule has 0 aromatic rings. The van der Waals surface area contributed by atoms with Gasteiger partial charge in [0, 0.05) is 33.1 Å². The number of rotatable bonds is 24. The standard InChI is InChI=1S/C28H57N3O2/c1-4-6-7-8-9-10-11-12-13-14-15-16-17-18-19-22-25-29-28(33)30-26-23-20-21-24-27(32)31(3)5-2/h4-26H2,1-3H3,(H2,29,30,33). The van der Waals surface area contributed by atoms with E-state index in [1.54, 1.807) is 4.90 Å². The third-order valence-electron chi connectivity index (χ3n) is 6.57. The number of carbonyl (C=O) groups excluding carboxylic acids is 2. The fraction of sp³-hybridized carbons (Fsp3) is 0.929. The minimum Gasteiger partial charge on any atom is -0.346 e. The van der Waals surface area contributed by atoms with Crippen molar-refractivity contribution in [2.24, 2.45) is 0 Å². The van der Waals surface area contributed by atoms with Gasteiger partial charge in [-0.2, -0.15) is 0 Å². The van der Waals surface area contributed by atoms with Crippen LogP contribution in [0, 0.1) is 0 Å². The zero-order valence-corrected chi connectivity index (χ0v) is 22.5. The molecule has 0 spiro atoms. The van der Waals surface area contributed by atoms with E-state index in [9.17, 15) is 9.59 Å². The molecule has 0 aromatic heterocycles. The van der Waals surface area contributed by atoms with Gasteiger partial charge in [0.1, 0.15) is 0 Å². The van der Waals surface area contributed by atoms with Crippen LogP contribution >= 0.6 is 0 Å². The van der Waals surface area contributed by atoms with Gasteiger partial charge in [0.2, 0.25) is 5.91 Å². The first-order chi connectivity index (χ1) is 16.1. The van der Waals surface area contributed by atoms with Crippen LogP contribution in [0.3, 0.4) is 0 Å². The molecule has 5 heteroatoms. The number of hydrogen-bond acceptors (Lipinski definition) is 2. The van der Waals surface area contributed by atoms with Crippen molar-refractivity contribution in [2.45, 2.75) is 142 Å². The SMILES string of the molecule is CCCCCCCCCCCCCCCCCCNC(=O)NCCCCCC(=O)N(C)CC. The molecule has 5 nitrogen and oxygen atoms in total. The molecule has 0 aliphatic heterocycles. The summed E-state index contributed by atoms with van der Waals surface area (Å²) >= 11 is 0. The van der Waals surface area contributed by atoms with E-state index in [2.05, 4.69) is 17.6 Å². The number of hydrogen-bond donors (Lipinski definition) is 2. The summed E-state index contributed by atoms with van der Waals surface area (Å²) in [4.78, 5) is 25.2. The van der Waals surface area contributed by atoms with Crippen LogP contribution in [0.25, 0.3) is 0 Å². The van der Waals surface area contributed by atoms with E-state index in [1.807, 2.05) is 14.0 Å². The molecular weight excluding hydrogens is 410 g/mol. The van der Waals surface area contributed by atoms with Crippen molar-refractivity contribution in [2.75, 3.05) is 26.7 Å². The van der Waals surface area contributed by atoms with E-state index in [4.69, 9.17) is 0 Å². The molecule has 0 aromatic carbocycles. The normalized spacial score (nSPS) is 10.9. The molecule has 0 rings (SSSR count). The average molecular weight is 468 g/mol. The van der Waals surface area contributed by atoms with E-state index < -0.39 is 0 Å². The molecule has 0 unspecified atom stereocenters. The highest BCUT2D eigenvalue weighted by Crippen LogP contribution is 2.13. The van der Waals surface area contributed by atoms with Crippen molar-refractivity contribution >= 4 is 11.9 Å². The predicted octanol–water partition coefficient (Wildman–Crippen LogP) is 7.59. The lowest BCUT2D eigenvalue weighted by Gasteiger charge is -2.14. The highest BCUT2D eigenvalue weighted by Gasteiger charge is 2.05. The summed E-state index contributed by atoms with van der Waals surface area (Å²) in [5, 5.41) is 5.87. The minimum absolute atomic E-state index is 0.0576. The third-order valence-corrected chi connectivity index (χ3v) is 6.57. The molecule has 0 atom stereocenters. The van der Waals surface area contributed by atoms with E-state index in [0.717, 1.165) is 38.8 Å². The van der Waals surface area contributed by atoms with Crippen LogP contribution in [-0.2, 0) is 4.79 Å². The molecule has 0 saturated carbocycles. The van der Waals surface area contributed by atoms with E-state index in [1.165, 1.54) is 96.3 Å². The molecule has 0 fully saturated rings. The highest BCUT2D eigenvalue weighted by molar-refractivity contribution is 5.75. The summed E-state index contributed by atoms with van der Waals surface area (Å²) in [7, 11) is 1.84. The van der Waals surface area contributed by atoms with Crippen molar-refractivity contribution in [1.29, 1.82) is 0 Å². The van der Waals surface area contributed by atoms with Gasteiger partial charge in [-0.15, -0.1) is 0 Å². The number of urea groups is 1. The zero-order chi connectivity index (χ0) is 24.4. The van der Waals surface area contributed by atoms with Gasteiger partial charge >= 0.3 is 6.03 Å². The lowest BCUT2D eigenvalue weighted by molar-refractivity contribution is -0.129. The predicted molar refractivity (Wildman–Crippen MR) is 143 cm³/mol. The van der Waals surface area contributed by atoms with Gasteiger partial charge in [0.25, 0.3) is 0 Å². The Labute approximate surface area is 206 Å². The molecule has 33 heavy (non-hydrogen) atoms. The van der Waals surface area contributed by atoms with Gasteiger partial charge in [0.05, 0.1) is 0 Å². The lowest BCUT2D eigenvalue weighted by Crippen LogP contribution is -2.36. The second kappa shape index (κ2) is 25.4. The number of carbonyl (C=O) groups is 2. The van der Waals surface area contributed by atoms with Crippen molar-refractivity contribution in [3.63, 3.8) is 0 Å². The van der Waals surface area contributed by atoms with Gasteiger partial charge < -0.3 is 15.5 Å². The molecule has 0 aliphatic carbocycles. The summed E-state index contributed by atoms with van der Waals surface area (Å²) < 4.78 is 0. The minimum atomic E-state index is -0.0576. The number of unbranched alkanes of at least 4 members (excludes halogenated alkanes) is 17. The summed E-state index contributed by atoms with van der Waals surface area (Å²) in [6.45, 7) is 6.48. The summed E-state index contributed by atoms with van der Waals surface area (Å²) in [5.74, 6) is 0.210. The van der Waals surface area contributed by atoms with Crippen LogP contribution in [0.15, 0.2) is 0 Å². The Morgan fingerprint density at radius 3 is 1.30 bits per heavy atom. The van der Waals surface area contributed by atoms with E-state index in [0.29, 0.717) is 13.0 Å². The fourth-order valence-corrected chi connectivity index (χ4v) is 4.08. The maximum Gasteiger partial charge on any atom is 0.314 e. The molecular formula is C28H57N3O2. The molecule has 196 valence electrons. The summed E-state index contributed by atoms with van der Waals surface area (Å²) in [5.41, 5.74) is 0. The maximum absolute atomic E-state index is 11.8. The van der Waals surface area contributed by atoms with Crippen molar-refractivity contribution < 1.29 is 9.59 Å². The number of amides is 3. The van der Waals surface area contributed by atoms with Gasteiger partial charge in [-0.1, -0.05) is 110 Å². The van der Waals surface area contributed by atoms with Crippen LogP contribution in [0.1, 0.15) is 142 Å². The Hall–Kier alpha value is -1.26. The van der Waals surface area contributed by atoms with Crippen LogP contribution in [0.2, 0.25) is 0 Å². The topological polar surface area (TPSA) is 61.4 Å². The van der Waals surface area contributed by atoms with Gasteiger partial charge in [-0.25, -0.2) is 4.79 Å². The summed E-state index contributed by atoms with van der Waals surface area (Å²) in [6, 6.07) is -0.0576. The van der Waals surface area contributed by atoms with Gasteiger partial charge in [-0.3, -0.25) is 4.79 Å². The van der Waals surface area contributed by atoms with E-state index in [-0.39, 0.29) is 11.9 Å². The van der Waals surface area contributed by atoms with Crippen LogP contribution < -0.4 is 10.6 Å². The number of nitrogens with zero attached hydrogens (tertiary/aromatic N) is 1. The molecule has 0 bridgehead atoms. The lowest BCUT2D eigenvalue weighted by atomic mass is 10.0. The Kier molecular flexibility index (Phi) is 24.4. The van der Waals surface area contributed by atoms with Crippen molar-refractivity contribution in [3.8, 4) is 0 Å². The smallest absolute Gasteiger partial charge is 0.314 e. The molecule has 3 amide bonds. The molecule has 0 aliphatic rings. The largest absolute Gasteiger partial charge is 0.346 e. The third kappa shape index (κ3) is 23.7. The Bertz CT molecular complexity index is 443. The van der Waals surface area contributed by atoms with Crippen LogP contribution in [0.4, 0.5) is 4.79 Å². The Balaban J connectivity index is 3.22. The number of nitrogens with one attached hydrogen (secondary N) is 2. The highest BCUT2D eigenvalue weighted by atomic mass is 16.2. The van der Waals surface area contributed by atoms with Crippen molar-refractivity contribution in [3.05, 3.63) is 0 Å². The first kappa shape index (κ1) is 31.7. The van der Waals surface area contributed by atoms with Crippen LogP contribution in [-0.4, -0.2) is 43.5 Å². The summed E-state index contributed by atoms with van der Waals surface area (Å²) in [6.07, 6.45) is 25.3. The second-order valence-corrected chi connectivity index (χ2v) is 9.70. The van der Waals surface area contributed by atoms with Gasteiger partial charge in [0.15, 0.2) is 0 Å². The first-order valence-corrected chi connectivity index (χ1v) is 14.4. The monoisotopic (exact) mass is 467 g/mol. The van der Waals surface area contributed by atoms with Crippen LogP contribution in [0.5, 0.6) is 0 Å². The van der Waals surface area contributed by atoms with E-state index >= 15 is 0 Å². The average Bonchev–Trinajstić information content (AvgIpc) is 2.82. The molecule has 0 saturated heterocycles. The fourth-order valence-electron chi connectivity index (χ4n) is 4.08. The van der Waals surface area contributed by atoms with Gasteiger partial charge in [-0.05, 0) is 26.2 Å². The second-order valence-electron chi connectivity index (χ2n) is 9.70. The molecule has 0 radical (unpaired) electrons. The molecule has 2 N–H and O–H groups in total. The first-order valence-electron chi connectivity index (χ1n) is 14.4. The Morgan fingerprint density at radius 2 is 0.909 bits per heavy atom. The van der Waals surface area contributed by atoms with Crippen molar-refractivity contribution in [1.82, 2.24) is 15.5 Å². The zero-order valence-electron chi connectivity index (χ0n) is 22.5. The molecule has 0 heterocycles. The quantitative estimate of drug-likeness (QED) is 0.144. The maximum atomic E-state index is 11.8.